The highest BCUT2D eigenvalue weighted by Crippen LogP contribution is 2.31. The maximum atomic E-state index is 14.1. The molecule has 0 bridgehead atoms. The summed E-state index contributed by atoms with van der Waals surface area (Å²) in [5.74, 6) is -0.348. The molecule has 1 aliphatic rings. The molecule has 0 aliphatic heterocycles. The van der Waals surface area contributed by atoms with Crippen LogP contribution < -0.4 is 0 Å². The van der Waals surface area contributed by atoms with Gasteiger partial charge in [-0.1, -0.05) is 39.7 Å². The number of carbonyl (C=O) groups excluding carboxylic acids is 1. The summed E-state index contributed by atoms with van der Waals surface area (Å²) in [4.78, 5) is 11.6. The molecule has 0 aromatic carbocycles. The molecule has 0 spiro atoms. The fraction of sp³-hybridized carbons (Fsp3) is 0.786. The molecule has 0 N–H and O–H groups in total. The summed E-state index contributed by atoms with van der Waals surface area (Å²) in [6.45, 7) is 7.78. The van der Waals surface area contributed by atoms with Crippen LogP contribution in [-0.4, -0.2) is 18.7 Å². The van der Waals surface area contributed by atoms with Crippen molar-refractivity contribution < 1.29 is 13.9 Å². The third kappa shape index (κ3) is 4.49. The lowest BCUT2D eigenvalue weighted by molar-refractivity contribution is -0.141. The van der Waals surface area contributed by atoms with Gasteiger partial charge in [0.05, 0.1) is 12.2 Å². The van der Waals surface area contributed by atoms with Gasteiger partial charge in [-0.15, -0.1) is 0 Å². The van der Waals surface area contributed by atoms with E-state index >= 15 is 0 Å². The number of alkyl halides is 1. The molecule has 2 nitrogen and oxygen atoms in total. The summed E-state index contributed by atoms with van der Waals surface area (Å²) in [6, 6.07) is 0. The second kappa shape index (κ2) is 6.77. The summed E-state index contributed by atoms with van der Waals surface area (Å²) in [7, 11) is 0. The molecule has 1 unspecified atom stereocenters. The quantitative estimate of drug-likeness (QED) is 0.543. The van der Waals surface area contributed by atoms with Crippen LogP contribution in [0.5, 0.6) is 0 Å². The predicted octanol–water partition coefficient (Wildman–Crippen LogP) is 3.66. The van der Waals surface area contributed by atoms with E-state index in [4.69, 9.17) is 4.74 Å². The van der Waals surface area contributed by atoms with E-state index in [1.54, 1.807) is 0 Å². The van der Waals surface area contributed by atoms with Crippen molar-refractivity contribution in [3.63, 3.8) is 0 Å². The molecular weight excluding hydrogens is 219 g/mol. The van der Waals surface area contributed by atoms with Crippen molar-refractivity contribution in [3.05, 3.63) is 12.2 Å². The second-order valence-corrected chi connectivity index (χ2v) is 5.32. The molecule has 17 heavy (non-hydrogen) atoms. The normalized spacial score (nSPS) is 19.1. The Morgan fingerprint density at radius 1 is 1.35 bits per heavy atom. The van der Waals surface area contributed by atoms with Crippen LogP contribution in [0.4, 0.5) is 4.39 Å². The van der Waals surface area contributed by atoms with Crippen LogP contribution in [0.2, 0.25) is 0 Å². The van der Waals surface area contributed by atoms with E-state index in [-0.39, 0.29) is 17.4 Å². The molecule has 0 radical (unpaired) electrons. The molecule has 3 heteroatoms. The van der Waals surface area contributed by atoms with Crippen molar-refractivity contribution in [2.24, 2.45) is 11.8 Å². The average Bonchev–Trinajstić information content (AvgIpc) is 2.35. The molecule has 1 rings (SSSR count). The highest BCUT2D eigenvalue weighted by atomic mass is 19.1. The Morgan fingerprint density at radius 3 is 2.47 bits per heavy atom. The van der Waals surface area contributed by atoms with Gasteiger partial charge in [0.15, 0.2) is 0 Å². The molecule has 1 fully saturated rings. The zero-order valence-corrected chi connectivity index (χ0v) is 10.9. The van der Waals surface area contributed by atoms with Crippen molar-refractivity contribution in [1.82, 2.24) is 0 Å². The summed E-state index contributed by atoms with van der Waals surface area (Å²) >= 11 is 0. The first-order chi connectivity index (χ1) is 8.02. The summed E-state index contributed by atoms with van der Waals surface area (Å²) in [5, 5.41) is 0. The number of halogens is 1. The van der Waals surface area contributed by atoms with E-state index in [1.807, 2.05) is 13.8 Å². The molecule has 0 aromatic rings. The lowest BCUT2D eigenvalue weighted by atomic mass is 9.83. The van der Waals surface area contributed by atoms with Crippen molar-refractivity contribution in [1.29, 1.82) is 0 Å². The molecule has 1 aliphatic carbocycles. The fourth-order valence-electron chi connectivity index (χ4n) is 2.16. The number of hydrogen-bond acceptors (Lipinski definition) is 2. The van der Waals surface area contributed by atoms with Gasteiger partial charge in [-0.3, -0.25) is 0 Å². The number of rotatable bonds is 5. The number of hydrogen-bond donors (Lipinski definition) is 0. The molecule has 1 atom stereocenters. The van der Waals surface area contributed by atoms with E-state index in [0.29, 0.717) is 6.61 Å². The average molecular weight is 242 g/mol. The van der Waals surface area contributed by atoms with E-state index in [0.717, 1.165) is 25.7 Å². The number of ether oxygens (including phenoxy) is 1. The molecule has 0 aromatic heterocycles. The van der Waals surface area contributed by atoms with Crippen molar-refractivity contribution in [2.75, 3.05) is 6.61 Å². The maximum absolute atomic E-state index is 14.1. The third-order valence-corrected chi connectivity index (χ3v) is 3.21. The fourth-order valence-corrected chi connectivity index (χ4v) is 2.16. The SMILES string of the molecule is C=C(C(=O)OCC(C)C)C(F)C1CCCCC1. The maximum Gasteiger partial charge on any atom is 0.336 e. The highest BCUT2D eigenvalue weighted by molar-refractivity contribution is 5.88. The van der Waals surface area contributed by atoms with Gasteiger partial charge in [0.25, 0.3) is 0 Å². The van der Waals surface area contributed by atoms with Crippen molar-refractivity contribution >= 4 is 5.97 Å². The highest BCUT2D eigenvalue weighted by Gasteiger charge is 2.29. The topological polar surface area (TPSA) is 26.3 Å². The van der Waals surface area contributed by atoms with Crippen LogP contribution in [0.1, 0.15) is 46.0 Å². The first kappa shape index (κ1) is 14.2. The Labute approximate surface area is 103 Å². The Balaban J connectivity index is 2.41. The monoisotopic (exact) mass is 242 g/mol. The van der Waals surface area contributed by atoms with Gasteiger partial charge in [0, 0.05) is 0 Å². The summed E-state index contributed by atoms with van der Waals surface area (Å²) in [5.41, 5.74) is -0.00227. The van der Waals surface area contributed by atoms with Crippen LogP contribution in [0.25, 0.3) is 0 Å². The zero-order valence-electron chi connectivity index (χ0n) is 10.9. The smallest absolute Gasteiger partial charge is 0.336 e. The molecule has 1 saturated carbocycles. The minimum Gasteiger partial charge on any atom is -0.462 e. The second-order valence-electron chi connectivity index (χ2n) is 5.32. The van der Waals surface area contributed by atoms with Crippen LogP contribution in [0.15, 0.2) is 12.2 Å². The molecule has 0 heterocycles. The summed E-state index contributed by atoms with van der Waals surface area (Å²) < 4.78 is 19.1. The first-order valence-corrected chi connectivity index (χ1v) is 6.52. The van der Waals surface area contributed by atoms with Gasteiger partial charge in [-0.2, -0.15) is 0 Å². The minimum atomic E-state index is -1.23. The Morgan fingerprint density at radius 2 is 1.94 bits per heavy atom. The van der Waals surface area contributed by atoms with Gasteiger partial charge in [-0.05, 0) is 24.7 Å². The minimum absolute atomic E-state index is 0.00227. The third-order valence-electron chi connectivity index (χ3n) is 3.21. The largest absolute Gasteiger partial charge is 0.462 e. The Bertz CT molecular complexity index is 267. The molecular formula is C14H23FO2. The van der Waals surface area contributed by atoms with Crippen LogP contribution in [-0.2, 0) is 9.53 Å². The van der Waals surface area contributed by atoms with Gasteiger partial charge in [-0.25, -0.2) is 9.18 Å². The van der Waals surface area contributed by atoms with Crippen LogP contribution in [0, 0.1) is 11.8 Å². The van der Waals surface area contributed by atoms with E-state index in [1.165, 1.54) is 6.42 Å². The number of esters is 1. The molecule has 0 amide bonds. The molecule has 98 valence electrons. The van der Waals surface area contributed by atoms with E-state index < -0.39 is 12.1 Å². The van der Waals surface area contributed by atoms with E-state index in [9.17, 15) is 9.18 Å². The lowest BCUT2D eigenvalue weighted by Crippen LogP contribution is -2.26. The van der Waals surface area contributed by atoms with Gasteiger partial charge in [0.2, 0.25) is 0 Å². The zero-order chi connectivity index (χ0) is 12.8. The Kier molecular flexibility index (Phi) is 5.66. The van der Waals surface area contributed by atoms with E-state index in [2.05, 4.69) is 6.58 Å². The van der Waals surface area contributed by atoms with Gasteiger partial charge >= 0.3 is 5.97 Å². The standard InChI is InChI=1S/C14H23FO2/c1-10(2)9-17-14(16)11(3)13(15)12-7-5-4-6-8-12/h10,12-13H,3-9H2,1-2H3. The predicted molar refractivity (Wildman–Crippen MR) is 66.4 cm³/mol. The van der Waals surface area contributed by atoms with Gasteiger partial charge < -0.3 is 4.74 Å². The first-order valence-electron chi connectivity index (χ1n) is 6.52. The Hall–Kier alpha value is -0.860. The van der Waals surface area contributed by atoms with Crippen molar-refractivity contribution in [2.45, 2.75) is 52.1 Å². The van der Waals surface area contributed by atoms with Gasteiger partial charge in [0.1, 0.15) is 6.17 Å². The van der Waals surface area contributed by atoms with Crippen molar-refractivity contribution in [3.8, 4) is 0 Å². The lowest BCUT2D eigenvalue weighted by Gasteiger charge is -2.25. The number of carbonyl (C=O) groups is 1. The summed E-state index contributed by atoms with van der Waals surface area (Å²) in [6.07, 6.45) is 3.77. The van der Waals surface area contributed by atoms with Crippen LogP contribution >= 0.6 is 0 Å². The van der Waals surface area contributed by atoms with Crippen LogP contribution in [0.3, 0.4) is 0 Å². The molecule has 0 saturated heterocycles.